The quantitative estimate of drug-likeness (QED) is 0.513. The summed E-state index contributed by atoms with van der Waals surface area (Å²) in [7, 11) is 0. The number of ketones is 1. The Kier molecular flexibility index (Phi) is 2.66. The van der Waals surface area contributed by atoms with Gasteiger partial charge < -0.3 is 5.02 Å². The summed E-state index contributed by atoms with van der Waals surface area (Å²) in [5, 5.41) is 9.30. The minimum atomic E-state index is -0.579. The van der Waals surface area contributed by atoms with Crippen LogP contribution in [0.3, 0.4) is 0 Å². The van der Waals surface area contributed by atoms with E-state index in [0.29, 0.717) is 11.0 Å². The smallest absolute Gasteiger partial charge is 0.321 e. The second-order valence-corrected chi connectivity index (χ2v) is 2.82. The maximum atomic E-state index is 11.1. The van der Waals surface area contributed by atoms with Gasteiger partial charge in [-0.25, -0.2) is 0 Å². The van der Waals surface area contributed by atoms with Crippen LogP contribution in [0.25, 0.3) is 0 Å². The summed E-state index contributed by atoms with van der Waals surface area (Å²) < 4.78 is 0. The molecule has 0 aliphatic carbocycles. The molecule has 0 bridgehead atoms. The number of rotatable bonds is 2. The van der Waals surface area contributed by atoms with Crippen LogP contribution in [0.5, 0.6) is 0 Å². The van der Waals surface area contributed by atoms with E-state index in [2.05, 4.69) is 0 Å². The van der Waals surface area contributed by atoms with Gasteiger partial charge in [-0.05, 0) is 12.4 Å². The first kappa shape index (κ1) is 9.01. The Morgan fingerprint density at radius 2 is 2.00 bits per heavy atom. The van der Waals surface area contributed by atoms with Gasteiger partial charge in [0.15, 0.2) is 5.78 Å². The van der Waals surface area contributed by atoms with Crippen LogP contribution in [0.1, 0.15) is 17.3 Å². The topological polar surface area (TPSA) is 37.3 Å². The molecule has 0 fully saturated rings. The van der Waals surface area contributed by atoms with Crippen molar-refractivity contribution in [1.82, 2.24) is 0 Å². The van der Waals surface area contributed by atoms with Crippen LogP contribution < -0.4 is 5.46 Å². The van der Waals surface area contributed by atoms with Gasteiger partial charge >= 0.3 is 6.92 Å². The lowest BCUT2D eigenvalue weighted by Crippen LogP contribution is -2.30. The number of hydrogen-bond donors (Lipinski definition) is 1. The molecule has 0 spiro atoms. The van der Waals surface area contributed by atoms with Gasteiger partial charge in [0.05, 0.1) is 0 Å². The van der Waals surface area contributed by atoms with E-state index < -0.39 is 6.92 Å². The second-order valence-electron chi connectivity index (χ2n) is 2.82. The lowest BCUT2D eigenvalue weighted by molar-refractivity contribution is 0.101. The molecule has 1 aromatic carbocycles. The zero-order valence-corrected chi connectivity index (χ0v) is 7.24. The predicted molar refractivity (Wildman–Crippen MR) is 49.9 cm³/mol. The van der Waals surface area contributed by atoms with Gasteiger partial charge in [-0.2, -0.15) is 0 Å². The largest absolute Gasteiger partial charge is 0.446 e. The summed E-state index contributed by atoms with van der Waals surface area (Å²) >= 11 is 0. The first-order valence-electron chi connectivity index (χ1n) is 3.91. The molecule has 0 amide bonds. The highest BCUT2D eigenvalue weighted by Gasteiger charge is 2.13. The summed E-state index contributed by atoms with van der Waals surface area (Å²) in [6.45, 7) is 2.58. The van der Waals surface area contributed by atoms with Gasteiger partial charge in [-0.1, -0.05) is 31.1 Å². The molecule has 0 radical (unpaired) electrons. The van der Waals surface area contributed by atoms with E-state index in [1.807, 2.05) is 6.07 Å². The molecule has 0 heterocycles. The van der Waals surface area contributed by atoms with E-state index in [0.717, 1.165) is 0 Å². The van der Waals surface area contributed by atoms with Gasteiger partial charge in [0.2, 0.25) is 0 Å². The van der Waals surface area contributed by atoms with E-state index in [9.17, 15) is 9.82 Å². The Bertz CT molecular complexity index is 294. The van der Waals surface area contributed by atoms with Crippen molar-refractivity contribution in [2.45, 2.75) is 13.7 Å². The molecular formula is C9H11BO2. The second kappa shape index (κ2) is 3.54. The summed E-state index contributed by atoms with van der Waals surface area (Å²) in [5.41, 5.74) is 1.30. The summed E-state index contributed by atoms with van der Waals surface area (Å²) in [6.07, 6.45) is 0. The van der Waals surface area contributed by atoms with Gasteiger partial charge in [-0.15, -0.1) is 0 Å². The van der Waals surface area contributed by atoms with E-state index in [1.165, 1.54) is 6.92 Å². The average molecular weight is 162 g/mol. The third-order valence-electron chi connectivity index (χ3n) is 1.79. The summed E-state index contributed by atoms with van der Waals surface area (Å²) in [6, 6.07) is 7.10. The molecular weight excluding hydrogens is 151 g/mol. The fourth-order valence-corrected chi connectivity index (χ4v) is 1.18. The van der Waals surface area contributed by atoms with E-state index in [-0.39, 0.29) is 5.78 Å². The molecule has 0 unspecified atom stereocenters. The Morgan fingerprint density at radius 3 is 2.42 bits per heavy atom. The van der Waals surface area contributed by atoms with Gasteiger partial charge in [-0.3, -0.25) is 4.79 Å². The van der Waals surface area contributed by atoms with Crippen LogP contribution in [0.4, 0.5) is 0 Å². The summed E-state index contributed by atoms with van der Waals surface area (Å²) in [4.78, 5) is 11.1. The highest BCUT2D eigenvalue weighted by Crippen LogP contribution is 1.98. The van der Waals surface area contributed by atoms with E-state index in [1.54, 1.807) is 25.0 Å². The molecule has 2 nitrogen and oxygen atoms in total. The molecule has 1 rings (SSSR count). The lowest BCUT2D eigenvalue weighted by Gasteiger charge is -2.05. The fourth-order valence-electron chi connectivity index (χ4n) is 1.18. The van der Waals surface area contributed by atoms with Crippen LogP contribution in [0.2, 0.25) is 6.82 Å². The highest BCUT2D eigenvalue weighted by atomic mass is 16.2. The Morgan fingerprint density at radius 1 is 1.42 bits per heavy atom. The molecule has 1 aromatic rings. The first-order chi connectivity index (χ1) is 5.63. The number of benzene rings is 1. The average Bonchev–Trinajstić information content (AvgIpc) is 2.04. The van der Waals surface area contributed by atoms with Gasteiger partial charge in [0.25, 0.3) is 0 Å². The van der Waals surface area contributed by atoms with Crippen molar-refractivity contribution in [2.75, 3.05) is 0 Å². The minimum absolute atomic E-state index is 0.00787. The molecule has 0 atom stereocenters. The molecule has 62 valence electrons. The third kappa shape index (κ3) is 1.74. The molecule has 1 N–H and O–H groups in total. The van der Waals surface area contributed by atoms with Crippen molar-refractivity contribution in [3.63, 3.8) is 0 Å². The number of carbonyl (C=O) groups excluding carboxylic acids is 1. The van der Waals surface area contributed by atoms with Crippen molar-refractivity contribution in [3.8, 4) is 0 Å². The SMILES string of the molecule is CB(O)c1ccccc1C(C)=O. The van der Waals surface area contributed by atoms with E-state index >= 15 is 0 Å². The fraction of sp³-hybridized carbons (Fsp3) is 0.222. The molecule has 0 aliphatic heterocycles. The zero-order valence-electron chi connectivity index (χ0n) is 7.24. The summed E-state index contributed by atoms with van der Waals surface area (Å²) in [5.74, 6) is -0.00787. The molecule has 0 aliphatic rings. The van der Waals surface area contributed by atoms with E-state index in [4.69, 9.17) is 0 Å². The Labute approximate surface area is 72.3 Å². The van der Waals surface area contributed by atoms with Crippen LogP contribution in [-0.4, -0.2) is 17.7 Å². The maximum Gasteiger partial charge on any atom is 0.321 e. The molecule has 12 heavy (non-hydrogen) atoms. The molecule has 0 saturated heterocycles. The monoisotopic (exact) mass is 162 g/mol. The predicted octanol–water partition coefficient (Wildman–Crippen LogP) is 0.710. The molecule has 3 heteroatoms. The minimum Gasteiger partial charge on any atom is -0.446 e. The normalized spacial score (nSPS) is 9.58. The standard InChI is InChI=1S/C9H11BO2/c1-7(11)8-5-3-4-6-9(8)10(2)12/h3-6,12H,1-2H3. The van der Waals surface area contributed by atoms with Crippen LogP contribution in [0, 0.1) is 0 Å². The third-order valence-corrected chi connectivity index (χ3v) is 1.79. The maximum absolute atomic E-state index is 11.1. The van der Waals surface area contributed by atoms with Crippen LogP contribution in [-0.2, 0) is 0 Å². The highest BCUT2D eigenvalue weighted by molar-refractivity contribution is 6.66. The van der Waals surface area contributed by atoms with Crippen molar-refractivity contribution in [3.05, 3.63) is 29.8 Å². The van der Waals surface area contributed by atoms with Crippen molar-refractivity contribution >= 4 is 18.2 Å². The van der Waals surface area contributed by atoms with Crippen LogP contribution in [0.15, 0.2) is 24.3 Å². The Hall–Kier alpha value is -1.09. The molecule has 0 saturated carbocycles. The van der Waals surface area contributed by atoms with Crippen molar-refractivity contribution < 1.29 is 9.82 Å². The number of Topliss-reactive ketones (excluding diaryl/α,β-unsaturated/α-hetero) is 1. The van der Waals surface area contributed by atoms with Crippen molar-refractivity contribution in [1.29, 1.82) is 0 Å². The number of carbonyl (C=O) groups is 1. The lowest BCUT2D eigenvalue weighted by atomic mass is 9.62. The Balaban J connectivity index is 3.17. The van der Waals surface area contributed by atoms with Crippen LogP contribution >= 0.6 is 0 Å². The first-order valence-corrected chi connectivity index (χ1v) is 3.91. The van der Waals surface area contributed by atoms with Gasteiger partial charge in [0.1, 0.15) is 0 Å². The molecule has 0 aromatic heterocycles. The van der Waals surface area contributed by atoms with Gasteiger partial charge in [0, 0.05) is 5.56 Å². The van der Waals surface area contributed by atoms with Crippen molar-refractivity contribution in [2.24, 2.45) is 0 Å². The number of hydrogen-bond acceptors (Lipinski definition) is 2. The zero-order chi connectivity index (χ0) is 9.14.